The van der Waals surface area contributed by atoms with E-state index in [1.165, 1.54) is 17.7 Å². The van der Waals surface area contributed by atoms with Crippen molar-refractivity contribution < 1.29 is 14.3 Å². The maximum absolute atomic E-state index is 12.1. The van der Waals surface area contributed by atoms with E-state index in [1.54, 1.807) is 0 Å². The molecule has 1 N–H and O–H groups in total. The Morgan fingerprint density at radius 1 is 1.14 bits per heavy atom. The van der Waals surface area contributed by atoms with Gasteiger partial charge in [0.25, 0.3) is 0 Å². The number of nitrogens with one attached hydrogen (secondary N) is 1. The summed E-state index contributed by atoms with van der Waals surface area (Å²) in [4.78, 5) is 14.5. The van der Waals surface area contributed by atoms with Crippen molar-refractivity contribution in [3.8, 4) is 11.5 Å². The van der Waals surface area contributed by atoms with E-state index in [-0.39, 0.29) is 11.8 Å². The van der Waals surface area contributed by atoms with Crippen LogP contribution in [-0.2, 0) is 31.0 Å². The molecule has 3 heterocycles. The number of fused-ring (bicyclic) bond motifs is 2. The molecule has 0 spiro atoms. The Morgan fingerprint density at radius 3 is 2.89 bits per heavy atom. The molecule has 1 aromatic carbocycles. The van der Waals surface area contributed by atoms with E-state index in [0.29, 0.717) is 13.3 Å². The maximum Gasteiger partial charge on any atom is 0.231 e. The zero-order chi connectivity index (χ0) is 18.9. The van der Waals surface area contributed by atoms with Crippen molar-refractivity contribution >= 4 is 5.91 Å². The molecule has 1 saturated carbocycles. The molecule has 0 saturated heterocycles. The van der Waals surface area contributed by atoms with Gasteiger partial charge in [-0.15, -0.1) is 0 Å². The summed E-state index contributed by atoms with van der Waals surface area (Å²) in [6.45, 7) is 4.52. The second-order valence-corrected chi connectivity index (χ2v) is 7.95. The van der Waals surface area contributed by atoms with E-state index in [2.05, 4.69) is 33.1 Å². The van der Waals surface area contributed by atoms with Gasteiger partial charge in [0, 0.05) is 32.1 Å². The number of hydrogen-bond donors (Lipinski definition) is 1. The van der Waals surface area contributed by atoms with Gasteiger partial charge in [-0.3, -0.25) is 14.4 Å². The number of ether oxygens (including phenoxy) is 2. The van der Waals surface area contributed by atoms with Crippen LogP contribution in [-0.4, -0.2) is 33.9 Å². The molecule has 1 aromatic heterocycles. The molecule has 0 unspecified atom stereocenters. The largest absolute Gasteiger partial charge is 0.454 e. The lowest BCUT2D eigenvalue weighted by Gasteiger charge is -2.23. The molecular weight excluding hydrogens is 356 g/mol. The molecule has 0 bridgehead atoms. The molecule has 5 rings (SSSR count). The zero-order valence-corrected chi connectivity index (χ0v) is 16.0. The van der Waals surface area contributed by atoms with E-state index in [9.17, 15) is 4.79 Å². The lowest BCUT2D eigenvalue weighted by Crippen LogP contribution is -2.34. The number of hydrogen-bond acceptors (Lipinski definition) is 5. The third kappa shape index (κ3) is 3.58. The minimum absolute atomic E-state index is 0.180. The van der Waals surface area contributed by atoms with Gasteiger partial charge in [0.05, 0.1) is 17.9 Å². The van der Waals surface area contributed by atoms with E-state index in [0.717, 1.165) is 62.6 Å². The molecule has 1 aliphatic carbocycles. The third-order valence-electron chi connectivity index (χ3n) is 5.91. The quantitative estimate of drug-likeness (QED) is 0.860. The Morgan fingerprint density at radius 2 is 2.04 bits per heavy atom. The number of aryl methyl sites for hydroxylation is 1. The predicted octanol–water partition coefficient (Wildman–Crippen LogP) is 2.43. The van der Waals surface area contributed by atoms with Crippen LogP contribution in [0.3, 0.4) is 0 Å². The van der Waals surface area contributed by atoms with Gasteiger partial charge in [-0.1, -0.05) is 12.5 Å². The van der Waals surface area contributed by atoms with Gasteiger partial charge in [-0.05, 0) is 43.0 Å². The lowest BCUT2D eigenvalue weighted by atomic mass is 9.85. The maximum atomic E-state index is 12.1. The van der Waals surface area contributed by atoms with Crippen LogP contribution in [0.15, 0.2) is 24.3 Å². The lowest BCUT2D eigenvalue weighted by molar-refractivity contribution is -0.127. The van der Waals surface area contributed by atoms with Crippen molar-refractivity contribution in [2.75, 3.05) is 13.3 Å². The molecular formula is C21H26N4O3. The summed E-state index contributed by atoms with van der Waals surface area (Å²) in [7, 11) is 0. The summed E-state index contributed by atoms with van der Waals surface area (Å²) < 4.78 is 13.0. The highest BCUT2D eigenvalue weighted by molar-refractivity contribution is 5.79. The van der Waals surface area contributed by atoms with Crippen LogP contribution < -0.4 is 14.8 Å². The van der Waals surface area contributed by atoms with Crippen LogP contribution in [0.1, 0.15) is 42.6 Å². The highest BCUT2D eigenvalue weighted by Crippen LogP contribution is 2.33. The monoisotopic (exact) mass is 382 g/mol. The summed E-state index contributed by atoms with van der Waals surface area (Å²) in [6.07, 6.45) is 4.30. The first-order valence-corrected chi connectivity index (χ1v) is 10.2. The molecule has 1 amide bonds. The van der Waals surface area contributed by atoms with Crippen molar-refractivity contribution in [3.63, 3.8) is 0 Å². The number of rotatable bonds is 5. The molecule has 2 aliphatic heterocycles. The Labute approximate surface area is 164 Å². The Balaban J connectivity index is 1.22. The minimum Gasteiger partial charge on any atom is -0.454 e. The third-order valence-corrected chi connectivity index (χ3v) is 5.91. The van der Waals surface area contributed by atoms with Crippen molar-refractivity contribution in [1.29, 1.82) is 0 Å². The van der Waals surface area contributed by atoms with E-state index in [1.807, 2.05) is 6.07 Å². The molecule has 3 aliphatic rings. The number of nitrogens with zero attached hydrogens (tertiary/aromatic N) is 3. The summed E-state index contributed by atoms with van der Waals surface area (Å²) in [5, 5.41) is 7.76. The number of carbonyl (C=O) groups is 1. The number of carbonyl (C=O) groups excluding carboxylic acids is 1. The van der Waals surface area contributed by atoms with Crippen molar-refractivity contribution in [1.82, 2.24) is 20.0 Å². The minimum atomic E-state index is 0.180. The molecule has 1 fully saturated rings. The Kier molecular flexibility index (Phi) is 4.68. The fraction of sp³-hybridized carbons (Fsp3) is 0.524. The molecule has 0 radical (unpaired) electrons. The van der Waals surface area contributed by atoms with Crippen LogP contribution in [0.5, 0.6) is 11.5 Å². The van der Waals surface area contributed by atoms with Gasteiger partial charge in [-0.25, -0.2) is 0 Å². The standard InChI is InChI=1S/C21H26N4O3/c26-21(16-3-1-4-16)22-11-17-10-18-13-24(7-2-8-25(18)23-17)12-15-5-6-19-20(9-15)28-14-27-19/h5-6,9-10,16H,1-4,7-8,11-14H2,(H,22,26). The molecule has 28 heavy (non-hydrogen) atoms. The number of aromatic nitrogens is 2. The van der Waals surface area contributed by atoms with Gasteiger partial charge >= 0.3 is 0 Å². The number of amides is 1. The van der Waals surface area contributed by atoms with Gasteiger partial charge in [-0.2, -0.15) is 5.10 Å². The molecule has 7 nitrogen and oxygen atoms in total. The molecule has 2 aromatic rings. The summed E-state index contributed by atoms with van der Waals surface area (Å²) >= 11 is 0. The zero-order valence-electron chi connectivity index (χ0n) is 16.0. The van der Waals surface area contributed by atoms with Crippen molar-refractivity contribution in [2.45, 2.75) is 51.9 Å². The van der Waals surface area contributed by atoms with Crippen molar-refractivity contribution in [3.05, 3.63) is 41.2 Å². The first-order valence-electron chi connectivity index (χ1n) is 10.2. The van der Waals surface area contributed by atoms with Crippen LogP contribution in [0.2, 0.25) is 0 Å². The highest BCUT2D eigenvalue weighted by Gasteiger charge is 2.25. The molecule has 0 atom stereocenters. The second kappa shape index (κ2) is 7.47. The summed E-state index contributed by atoms with van der Waals surface area (Å²) in [5.41, 5.74) is 3.39. The van der Waals surface area contributed by atoms with Gasteiger partial charge in [0.1, 0.15) is 0 Å². The average Bonchev–Trinajstić information content (AvgIpc) is 3.21. The molecule has 7 heteroatoms. The average molecular weight is 382 g/mol. The Bertz CT molecular complexity index is 875. The smallest absolute Gasteiger partial charge is 0.231 e. The summed E-state index contributed by atoms with van der Waals surface area (Å²) in [6, 6.07) is 8.31. The van der Waals surface area contributed by atoms with E-state index < -0.39 is 0 Å². The van der Waals surface area contributed by atoms with Crippen LogP contribution in [0.25, 0.3) is 0 Å². The van der Waals surface area contributed by atoms with Crippen LogP contribution in [0, 0.1) is 5.92 Å². The van der Waals surface area contributed by atoms with Gasteiger partial charge in [0.2, 0.25) is 12.7 Å². The SMILES string of the molecule is O=C(NCc1cc2n(n1)CCCN(Cc1ccc3c(c1)OCO3)C2)C1CCC1. The highest BCUT2D eigenvalue weighted by atomic mass is 16.7. The fourth-order valence-corrected chi connectivity index (χ4v) is 4.10. The van der Waals surface area contributed by atoms with Crippen LogP contribution in [0.4, 0.5) is 0 Å². The normalized spacial score (nSPS) is 19.0. The van der Waals surface area contributed by atoms with Crippen molar-refractivity contribution in [2.24, 2.45) is 5.92 Å². The predicted molar refractivity (Wildman–Crippen MR) is 103 cm³/mol. The first-order chi connectivity index (χ1) is 13.7. The summed E-state index contributed by atoms with van der Waals surface area (Å²) in [5.74, 6) is 2.06. The van der Waals surface area contributed by atoms with Gasteiger partial charge < -0.3 is 14.8 Å². The van der Waals surface area contributed by atoms with Crippen LogP contribution >= 0.6 is 0 Å². The van der Waals surface area contributed by atoms with Gasteiger partial charge in [0.15, 0.2) is 11.5 Å². The number of benzene rings is 1. The second-order valence-electron chi connectivity index (χ2n) is 7.95. The fourth-order valence-electron chi connectivity index (χ4n) is 4.10. The van der Waals surface area contributed by atoms with E-state index in [4.69, 9.17) is 14.6 Å². The Hall–Kier alpha value is -2.54. The first kappa shape index (κ1) is 17.6. The molecule has 148 valence electrons. The van der Waals surface area contributed by atoms with E-state index >= 15 is 0 Å². The topological polar surface area (TPSA) is 68.6 Å².